The molecule has 1 aromatic rings. The molecule has 0 saturated heterocycles. The lowest BCUT2D eigenvalue weighted by Crippen LogP contribution is -2.17. The molecular weight excluding hydrogens is 224 g/mol. The van der Waals surface area contributed by atoms with E-state index in [0.717, 1.165) is 43.6 Å². The summed E-state index contributed by atoms with van der Waals surface area (Å²) < 4.78 is 5.74. The zero-order chi connectivity index (χ0) is 12.5. The Morgan fingerprint density at radius 2 is 2.22 bits per heavy atom. The minimum absolute atomic E-state index is 0.219. The quantitative estimate of drug-likeness (QED) is 0.743. The van der Waals surface area contributed by atoms with Crippen LogP contribution in [0.2, 0.25) is 0 Å². The largest absolute Gasteiger partial charge is 0.493 e. The first-order valence-electron chi connectivity index (χ1n) is 7.04. The summed E-state index contributed by atoms with van der Waals surface area (Å²) in [4.78, 5) is 12.6. The summed E-state index contributed by atoms with van der Waals surface area (Å²) in [6, 6.07) is 6.02. The molecular formula is C16H20O2. The first-order valence-corrected chi connectivity index (χ1v) is 7.04. The fourth-order valence-corrected chi connectivity index (χ4v) is 3.25. The lowest BCUT2D eigenvalue weighted by Gasteiger charge is -2.21. The zero-order valence-electron chi connectivity index (χ0n) is 10.9. The number of carbonyl (C=O) groups excluding carboxylic acids is 1. The maximum atomic E-state index is 12.6. The second-order valence-corrected chi connectivity index (χ2v) is 5.73. The van der Waals surface area contributed by atoms with Crippen LogP contribution in [0.3, 0.4) is 0 Å². The molecule has 1 aliphatic carbocycles. The number of hydrogen-bond acceptors (Lipinski definition) is 2. The van der Waals surface area contributed by atoms with E-state index in [9.17, 15) is 4.79 Å². The van der Waals surface area contributed by atoms with Crippen molar-refractivity contribution in [2.45, 2.75) is 39.0 Å². The topological polar surface area (TPSA) is 26.3 Å². The maximum Gasteiger partial charge on any atom is 0.169 e. The highest BCUT2D eigenvalue weighted by Crippen LogP contribution is 2.36. The van der Waals surface area contributed by atoms with Crippen molar-refractivity contribution < 1.29 is 9.53 Å². The van der Waals surface area contributed by atoms with E-state index in [1.807, 2.05) is 12.1 Å². The smallest absolute Gasteiger partial charge is 0.169 e. The Hall–Kier alpha value is -1.31. The normalized spacial score (nSPS) is 26.5. The van der Waals surface area contributed by atoms with Crippen molar-refractivity contribution in [2.75, 3.05) is 6.61 Å². The van der Waals surface area contributed by atoms with Crippen molar-refractivity contribution in [1.82, 2.24) is 0 Å². The van der Waals surface area contributed by atoms with Gasteiger partial charge in [0.05, 0.1) is 12.2 Å². The molecule has 3 rings (SSSR count). The SMILES string of the molecule is CC1CCC(C(=O)c2cccc3c2OCCC3)C1. The minimum atomic E-state index is 0.219. The number of carbonyl (C=O) groups is 1. The highest BCUT2D eigenvalue weighted by molar-refractivity contribution is 6.00. The molecule has 2 heteroatoms. The van der Waals surface area contributed by atoms with Crippen molar-refractivity contribution in [3.8, 4) is 5.75 Å². The van der Waals surface area contributed by atoms with Gasteiger partial charge in [-0.05, 0) is 49.7 Å². The van der Waals surface area contributed by atoms with Crippen LogP contribution in [-0.2, 0) is 6.42 Å². The standard InChI is InChI=1S/C16H20O2/c1-11-7-8-13(10-11)15(17)14-6-2-4-12-5-3-9-18-16(12)14/h2,4,6,11,13H,3,5,7-10H2,1H3. The predicted octanol–water partition coefficient (Wildman–Crippen LogP) is 3.63. The molecule has 18 heavy (non-hydrogen) atoms. The first-order chi connectivity index (χ1) is 8.75. The second kappa shape index (κ2) is 4.75. The molecule has 0 radical (unpaired) electrons. The van der Waals surface area contributed by atoms with Gasteiger partial charge in [-0.1, -0.05) is 19.1 Å². The highest BCUT2D eigenvalue weighted by atomic mass is 16.5. The number of rotatable bonds is 2. The summed E-state index contributed by atoms with van der Waals surface area (Å²) in [5.74, 6) is 2.09. The van der Waals surface area contributed by atoms with E-state index in [0.29, 0.717) is 11.7 Å². The van der Waals surface area contributed by atoms with Crippen molar-refractivity contribution >= 4 is 5.78 Å². The average Bonchev–Trinajstić information content (AvgIpc) is 2.84. The summed E-state index contributed by atoms with van der Waals surface area (Å²) in [6.45, 7) is 2.99. The second-order valence-electron chi connectivity index (χ2n) is 5.73. The van der Waals surface area contributed by atoms with Gasteiger partial charge in [0.25, 0.3) is 0 Å². The van der Waals surface area contributed by atoms with Gasteiger partial charge in [0.1, 0.15) is 5.75 Å². The van der Waals surface area contributed by atoms with Gasteiger partial charge in [-0.25, -0.2) is 0 Å². The van der Waals surface area contributed by atoms with Crippen molar-refractivity contribution in [2.24, 2.45) is 11.8 Å². The Kier molecular flexibility index (Phi) is 3.11. The van der Waals surface area contributed by atoms with Crippen molar-refractivity contribution in [3.05, 3.63) is 29.3 Å². The zero-order valence-corrected chi connectivity index (χ0v) is 10.9. The number of fused-ring (bicyclic) bond motifs is 1. The number of para-hydroxylation sites is 1. The summed E-state index contributed by atoms with van der Waals surface area (Å²) in [5, 5.41) is 0. The molecule has 1 aromatic carbocycles. The molecule has 2 aliphatic rings. The Morgan fingerprint density at radius 1 is 1.33 bits per heavy atom. The van der Waals surface area contributed by atoms with Crippen LogP contribution >= 0.6 is 0 Å². The van der Waals surface area contributed by atoms with E-state index in [1.165, 1.54) is 12.0 Å². The van der Waals surface area contributed by atoms with Gasteiger partial charge in [-0.2, -0.15) is 0 Å². The molecule has 1 fully saturated rings. The Morgan fingerprint density at radius 3 is 3.00 bits per heavy atom. The summed E-state index contributed by atoms with van der Waals surface area (Å²) in [7, 11) is 0. The molecule has 2 nitrogen and oxygen atoms in total. The molecule has 96 valence electrons. The van der Waals surface area contributed by atoms with Crippen molar-refractivity contribution in [1.29, 1.82) is 0 Å². The molecule has 2 unspecified atom stereocenters. The molecule has 1 heterocycles. The highest BCUT2D eigenvalue weighted by Gasteiger charge is 2.30. The molecule has 2 atom stereocenters. The molecule has 0 N–H and O–H groups in total. The van der Waals surface area contributed by atoms with Crippen LogP contribution < -0.4 is 4.74 Å². The Bertz CT molecular complexity index is 464. The van der Waals surface area contributed by atoms with E-state index in [-0.39, 0.29) is 5.92 Å². The lowest BCUT2D eigenvalue weighted by atomic mass is 9.92. The lowest BCUT2D eigenvalue weighted by molar-refractivity contribution is 0.0915. The van der Waals surface area contributed by atoms with E-state index in [1.54, 1.807) is 0 Å². The van der Waals surface area contributed by atoms with Crippen LogP contribution in [0.15, 0.2) is 18.2 Å². The molecule has 1 aliphatic heterocycles. The summed E-state index contributed by atoms with van der Waals surface area (Å²) in [5.41, 5.74) is 2.03. The number of Topliss-reactive ketones (excluding diaryl/α,β-unsaturated/α-hetero) is 1. The average molecular weight is 244 g/mol. The van der Waals surface area contributed by atoms with Gasteiger partial charge in [0, 0.05) is 5.92 Å². The number of ketones is 1. The molecule has 0 spiro atoms. The van der Waals surface area contributed by atoms with Gasteiger partial charge in [-0.3, -0.25) is 4.79 Å². The third-order valence-corrected chi connectivity index (χ3v) is 4.26. The maximum absolute atomic E-state index is 12.6. The fraction of sp³-hybridized carbons (Fsp3) is 0.562. The molecule has 0 bridgehead atoms. The number of aryl methyl sites for hydroxylation is 1. The van der Waals surface area contributed by atoms with Crippen LogP contribution in [0.25, 0.3) is 0 Å². The molecule has 0 aromatic heterocycles. The van der Waals surface area contributed by atoms with Gasteiger partial charge in [0.15, 0.2) is 5.78 Å². The predicted molar refractivity (Wildman–Crippen MR) is 71.1 cm³/mol. The first kappa shape index (κ1) is 11.8. The van der Waals surface area contributed by atoms with Crippen LogP contribution in [0, 0.1) is 11.8 Å². The Balaban J connectivity index is 1.90. The summed E-state index contributed by atoms with van der Waals surface area (Å²) in [6.07, 6.45) is 5.38. The van der Waals surface area contributed by atoms with Gasteiger partial charge in [-0.15, -0.1) is 0 Å². The van der Waals surface area contributed by atoms with Gasteiger partial charge in [0.2, 0.25) is 0 Å². The van der Waals surface area contributed by atoms with E-state index in [4.69, 9.17) is 4.74 Å². The van der Waals surface area contributed by atoms with Gasteiger partial charge < -0.3 is 4.74 Å². The van der Waals surface area contributed by atoms with E-state index >= 15 is 0 Å². The third-order valence-electron chi connectivity index (χ3n) is 4.26. The third kappa shape index (κ3) is 2.05. The van der Waals surface area contributed by atoms with Crippen LogP contribution in [0.1, 0.15) is 48.5 Å². The summed E-state index contributed by atoms with van der Waals surface area (Å²) >= 11 is 0. The number of hydrogen-bond donors (Lipinski definition) is 0. The van der Waals surface area contributed by atoms with E-state index < -0.39 is 0 Å². The Labute approximate surface area is 108 Å². The monoisotopic (exact) mass is 244 g/mol. The van der Waals surface area contributed by atoms with E-state index in [2.05, 4.69) is 13.0 Å². The fourth-order valence-electron chi connectivity index (χ4n) is 3.25. The molecule has 0 amide bonds. The van der Waals surface area contributed by atoms with Crippen molar-refractivity contribution in [3.63, 3.8) is 0 Å². The minimum Gasteiger partial charge on any atom is -0.493 e. The number of benzene rings is 1. The number of ether oxygens (including phenoxy) is 1. The molecule has 1 saturated carbocycles. The van der Waals surface area contributed by atoms with Crippen LogP contribution in [0.5, 0.6) is 5.75 Å². The van der Waals surface area contributed by atoms with Crippen LogP contribution in [-0.4, -0.2) is 12.4 Å². The van der Waals surface area contributed by atoms with Crippen LogP contribution in [0.4, 0.5) is 0 Å². The van der Waals surface area contributed by atoms with Gasteiger partial charge >= 0.3 is 0 Å².